The van der Waals surface area contributed by atoms with Crippen LogP contribution in [0.25, 0.3) is 0 Å². The predicted molar refractivity (Wildman–Crippen MR) is 55.5 cm³/mol. The van der Waals surface area contributed by atoms with Gasteiger partial charge in [0.25, 0.3) is 0 Å². The number of hydrogen-bond donors (Lipinski definition) is 1. The highest BCUT2D eigenvalue weighted by Gasteiger charge is 2.19. The molecule has 0 aromatic rings. The molecule has 2 N–H and O–H groups in total. The van der Waals surface area contributed by atoms with Gasteiger partial charge in [0.05, 0.1) is 0 Å². The van der Waals surface area contributed by atoms with Crippen molar-refractivity contribution in [2.45, 2.75) is 31.7 Å². The Hall–Kier alpha value is -0.340. The molecule has 0 aromatic heterocycles. The largest absolute Gasteiger partial charge is 0.326 e. The van der Waals surface area contributed by atoms with E-state index in [0.29, 0.717) is 6.04 Å². The van der Waals surface area contributed by atoms with Gasteiger partial charge in [0.15, 0.2) is 0 Å². The maximum atomic E-state index is 5.85. The summed E-state index contributed by atoms with van der Waals surface area (Å²) in [5.41, 5.74) is 5.85. The summed E-state index contributed by atoms with van der Waals surface area (Å²) >= 11 is 0. The summed E-state index contributed by atoms with van der Waals surface area (Å²) in [4.78, 5) is 2.51. The molecule has 1 aliphatic heterocycles. The summed E-state index contributed by atoms with van der Waals surface area (Å²) in [5, 5.41) is 0. The smallest absolute Gasteiger partial charge is 0.0180 e. The van der Waals surface area contributed by atoms with Crippen LogP contribution in [-0.2, 0) is 0 Å². The lowest BCUT2D eigenvalue weighted by molar-refractivity contribution is 0.311. The molecule has 1 fully saturated rings. The average molecular weight is 180 g/mol. The zero-order chi connectivity index (χ0) is 9.10. The van der Waals surface area contributed by atoms with Crippen LogP contribution in [0.3, 0.4) is 0 Å². The first-order valence-electron chi connectivity index (χ1n) is 5.49. The van der Waals surface area contributed by atoms with Gasteiger partial charge in [0.2, 0.25) is 0 Å². The van der Waals surface area contributed by atoms with Crippen molar-refractivity contribution in [3.05, 3.63) is 12.2 Å². The maximum absolute atomic E-state index is 5.85. The van der Waals surface area contributed by atoms with Crippen molar-refractivity contribution in [1.29, 1.82) is 0 Å². The Labute approximate surface area is 80.8 Å². The normalized spacial score (nSPS) is 34.5. The predicted octanol–water partition coefficient (Wildman–Crippen LogP) is 1.38. The van der Waals surface area contributed by atoms with Crippen molar-refractivity contribution in [2.75, 3.05) is 19.6 Å². The highest BCUT2D eigenvalue weighted by atomic mass is 15.2. The molecule has 0 bridgehead atoms. The number of nitrogens with two attached hydrogens (primary N) is 1. The van der Waals surface area contributed by atoms with E-state index in [-0.39, 0.29) is 0 Å². The molecule has 2 nitrogen and oxygen atoms in total. The molecule has 2 unspecified atom stereocenters. The van der Waals surface area contributed by atoms with E-state index in [1.165, 1.54) is 38.8 Å². The topological polar surface area (TPSA) is 29.3 Å². The molecule has 0 radical (unpaired) electrons. The van der Waals surface area contributed by atoms with Crippen molar-refractivity contribution >= 4 is 0 Å². The van der Waals surface area contributed by atoms with Crippen molar-refractivity contribution in [2.24, 2.45) is 11.7 Å². The maximum Gasteiger partial charge on any atom is 0.0180 e. The first kappa shape index (κ1) is 9.22. The van der Waals surface area contributed by atoms with Gasteiger partial charge < -0.3 is 10.6 Å². The molecule has 2 aliphatic rings. The van der Waals surface area contributed by atoms with Crippen LogP contribution < -0.4 is 5.73 Å². The molecule has 2 atom stereocenters. The second-order valence-electron chi connectivity index (χ2n) is 4.40. The Morgan fingerprint density at radius 2 is 2.31 bits per heavy atom. The van der Waals surface area contributed by atoms with Crippen molar-refractivity contribution in [1.82, 2.24) is 4.90 Å². The van der Waals surface area contributed by atoms with E-state index in [0.717, 1.165) is 12.5 Å². The molecule has 1 heterocycles. The van der Waals surface area contributed by atoms with Crippen LogP contribution in [0.2, 0.25) is 0 Å². The summed E-state index contributed by atoms with van der Waals surface area (Å²) in [7, 11) is 0. The molecule has 1 saturated heterocycles. The minimum absolute atomic E-state index is 0.444. The molecule has 0 spiro atoms. The minimum Gasteiger partial charge on any atom is -0.326 e. The second kappa shape index (κ2) is 4.25. The third-order valence-corrected chi connectivity index (χ3v) is 3.24. The molecule has 1 aliphatic carbocycles. The van der Waals surface area contributed by atoms with Crippen LogP contribution in [0, 0.1) is 5.92 Å². The fourth-order valence-corrected chi connectivity index (χ4v) is 2.35. The number of nitrogens with zero attached hydrogens (tertiary/aromatic N) is 1. The number of likely N-dealkylation sites (tertiary alicyclic amines) is 1. The van der Waals surface area contributed by atoms with Gasteiger partial charge in [-0.2, -0.15) is 0 Å². The quantitative estimate of drug-likeness (QED) is 0.665. The number of hydrogen-bond acceptors (Lipinski definition) is 2. The Kier molecular flexibility index (Phi) is 3.01. The Morgan fingerprint density at radius 1 is 1.38 bits per heavy atom. The second-order valence-corrected chi connectivity index (χ2v) is 4.40. The molecular weight excluding hydrogens is 160 g/mol. The van der Waals surface area contributed by atoms with Crippen molar-refractivity contribution in [3.63, 3.8) is 0 Å². The highest BCUT2D eigenvalue weighted by molar-refractivity contribution is 4.96. The third kappa shape index (κ3) is 2.55. The lowest BCUT2D eigenvalue weighted by Gasteiger charge is -2.16. The molecule has 2 rings (SSSR count). The fourth-order valence-electron chi connectivity index (χ4n) is 2.35. The first-order chi connectivity index (χ1) is 6.34. The van der Waals surface area contributed by atoms with Gasteiger partial charge in [-0.15, -0.1) is 0 Å². The zero-order valence-electron chi connectivity index (χ0n) is 8.28. The highest BCUT2D eigenvalue weighted by Crippen LogP contribution is 2.21. The van der Waals surface area contributed by atoms with Gasteiger partial charge in [-0.25, -0.2) is 0 Å². The lowest BCUT2D eigenvalue weighted by atomic mass is 10.1. The summed E-state index contributed by atoms with van der Waals surface area (Å²) in [6.45, 7) is 3.59. The first-order valence-corrected chi connectivity index (χ1v) is 5.49. The molecule has 74 valence electrons. The van der Waals surface area contributed by atoms with Crippen LogP contribution in [0.15, 0.2) is 12.2 Å². The van der Waals surface area contributed by atoms with Crippen LogP contribution in [0.5, 0.6) is 0 Å². The average Bonchev–Trinajstić information content (AvgIpc) is 2.71. The summed E-state index contributed by atoms with van der Waals surface area (Å²) < 4.78 is 0. The summed E-state index contributed by atoms with van der Waals surface area (Å²) in [5.74, 6) is 0.858. The number of rotatable bonds is 3. The molecule has 13 heavy (non-hydrogen) atoms. The van der Waals surface area contributed by atoms with E-state index in [9.17, 15) is 0 Å². The lowest BCUT2D eigenvalue weighted by Crippen LogP contribution is -2.28. The van der Waals surface area contributed by atoms with Gasteiger partial charge in [-0.3, -0.25) is 0 Å². The van der Waals surface area contributed by atoms with Crippen LogP contribution in [0.1, 0.15) is 25.7 Å². The van der Waals surface area contributed by atoms with E-state index in [2.05, 4.69) is 17.1 Å². The Balaban J connectivity index is 1.65. The number of allylic oxidation sites excluding steroid dienone is 2. The van der Waals surface area contributed by atoms with E-state index in [4.69, 9.17) is 5.73 Å². The minimum atomic E-state index is 0.444. The molecule has 2 heteroatoms. The van der Waals surface area contributed by atoms with Crippen LogP contribution in [-0.4, -0.2) is 30.6 Å². The fraction of sp³-hybridized carbons (Fsp3) is 0.818. The van der Waals surface area contributed by atoms with Gasteiger partial charge in [-0.05, 0) is 44.7 Å². The van der Waals surface area contributed by atoms with Crippen molar-refractivity contribution in [3.8, 4) is 0 Å². The van der Waals surface area contributed by atoms with Gasteiger partial charge in [0, 0.05) is 12.6 Å². The molecular formula is C11H20N2. The van der Waals surface area contributed by atoms with Crippen molar-refractivity contribution < 1.29 is 0 Å². The van der Waals surface area contributed by atoms with E-state index >= 15 is 0 Å². The van der Waals surface area contributed by atoms with Gasteiger partial charge in [-0.1, -0.05) is 12.2 Å². The molecule has 0 aromatic carbocycles. The standard InChI is InChI=1S/C11H20N2/c12-11-6-8-13(9-11)7-5-10-3-1-2-4-10/h1,3,10-11H,2,4-9,12H2. The molecule has 0 saturated carbocycles. The van der Waals surface area contributed by atoms with Crippen LogP contribution in [0.4, 0.5) is 0 Å². The zero-order valence-corrected chi connectivity index (χ0v) is 8.28. The SMILES string of the molecule is NC1CCN(CCC2C=CCC2)C1. The summed E-state index contributed by atoms with van der Waals surface area (Å²) in [6.07, 6.45) is 9.91. The van der Waals surface area contributed by atoms with E-state index < -0.39 is 0 Å². The van der Waals surface area contributed by atoms with Gasteiger partial charge in [0.1, 0.15) is 0 Å². The van der Waals surface area contributed by atoms with E-state index in [1.54, 1.807) is 0 Å². The van der Waals surface area contributed by atoms with Crippen LogP contribution >= 0.6 is 0 Å². The Bertz CT molecular complexity index is 189. The monoisotopic (exact) mass is 180 g/mol. The summed E-state index contributed by atoms with van der Waals surface area (Å²) in [6, 6.07) is 0.444. The molecule has 0 amide bonds. The Morgan fingerprint density at radius 3 is 2.92 bits per heavy atom. The van der Waals surface area contributed by atoms with Gasteiger partial charge >= 0.3 is 0 Å². The van der Waals surface area contributed by atoms with E-state index in [1.807, 2.05) is 0 Å². The third-order valence-electron chi connectivity index (χ3n) is 3.24.